The summed E-state index contributed by atoms with van der Waals surface area (Å²) in [5.41, 5.74) is 11.7. The first-order chi connectivity index (χ1) is 27.8. The topological polar surface area (TPSA) is 8.17 Å². The summed E-state index contributed by atoms with van der Waals surface area (Å²) in [6.45, 7) is 0. The van der Waals surface area contributed by atoms with Crippen LogP contribution in [0.15, 0.2) is 218 Å². The zero-order valence-corrected chi connectivity index (χ0v) is 30.7. The van der Waals surface area contributed by atoms with Crippen molar-refractivity contribution in [2.24, 2.45) is 0 Å². The molecule has 2 heteroatoms. The normalized spacial score (nSPS) is 11.6. The van der Waals surface area contributed by atoms with Gasteiger partial charge in [-0.1, -0.05) is 164 Å². The van der Waals surface area contributed by atoms with Crippen LogP contribution in [-0.4, -0.2) is 4.57 Å². The van der Waals surface area contributed by atoms with Crippen LogP contribution < -0.4 is 4.90 Å². The summed E-state index contributed by atoms with van der Waals surface area (Å²) in [6, 6.07) is 79.5. The quantitative estimate of drug-likeness (QED) is 0.156. The SMILES string of the molecule is c1ccc(-c2ccc(N(c3cccc(-c4cccc5c4c4c6ccccc6ccc4n5-c4ccccc4)c3)c3cc4ccccc4c4ccccc34)cc2)cc1. The molecule has 0 aliphatic rings. The first-order valence-corrected chi connectivity index (χ1v) is 19.3. The lowest BCUT2D eigenvalue weighted by molar-refractivity contribution is 1.18. The van der Waals surface area contributed by atoms with E-state index in [2.05, 4.69) is 228 Å². The van der Waals surface area contributed by atoms with Gasteiger partial charge in [-0.05, 0) is 104 Å². The number of nitrogens with zero attached hydrogens (tertiary/aromatic N) is 2. The number of fused-ring (bicyclic) bond motifs is 8. The molecule has 0 aliphatic carbocycles. The zero-order chi connectivity index (χ0) is 37.0. The lowest BCUT2D eigenvalue weighted by Crippen LogP contribution is -2.10. The fraction of sp³-hybridized carbons (Fsp3) is 0. The molecule has 0 unspecified atom stereocenters. The van der Waals surface area contributed by atoms with Crippen LogP contribution in [0.4, 0.5) is 17.1 Å². The molecule has 262 valence electrons. The minimum absolute atomic E-state index is 1.10. The van der Waals surface area contributed by atoms with Gasteiger partial charge in [0.2, 0.25) is 0 Å². The molecule has 0 radical (unpaired) electrons. The summed E-state index contributed by atoms with van der Waals surface area (Å²) in [5, 5.41) is 9.96. The van der Waals surface area contributed by atoms with E-state index in [1.165, 1.54) is 76.4 Å². The minimum atomic E-state index is 1.10. The molecule has 0 aliphatic heterocycles. The monoisotopic (exact) mass is 712 g/mol. The van der Waals surface area contributed by atoms with E-state index >= 15 is 0 Å². The highest BCUT2D eigenvalue weighted by Crippen LogP contribution is 2.46. The van der Waals surface area contributed by atoms with Gasteiger partial charge in [0.15, 0.2) is 0 Å². The molecular weight excluding hydrogens is 677 g/mol. The van der Waals surface area contributed by atoms with Gasteiger partial charge < -0.3 is 9.47 Å². The Balaban J connectivity index is 1.17. The molecule has 1 heterocycles. The largest absolute Gasteiger partial charge is 0.310 e. The van der Waals surface area contributed by atoms with Crippen LogP contribution in [-0.2, 0) is 0 Å². The highest BCUT2D eigenvalue weighted by molar-refractivity contribution is 6.25. The lowest BCUT2D eigenvalue weighted by Gasteiger charge is -2.28. The fourth-order valence-corrected chi connectivity index (χ4v) is 8.82. The Morgan fingerprint density at radius 3 is 1.73 bits per heavy atom. The Labute approximate surface area is 325 Å². The molecule has 11 rings (SSSR count). The molecule has 0 atom stereocenters. The maximum atomic E-state index is 2.44. The highest BCUT2D eigenvalue weighted by Gasteiger charge is 2.21. The van der Waals surface area contributed by atoms with Crippen molar-refractivity contribution in [2.45, 2.75) is 0 Å². The second kappa shape index (κ2) is 13.2. The van der Waals surface area contributed by atoms with Gasteiger partial charge in [0.25, 0.3) is 0 Å². The number of hydrogen-bond donors (Lipinski definition) is 0. The van der Waals surface area contributed by atoms with Crippen molar-refractivity contribution in [3.63, 3.8) is 0 Å². The van der Waals surface area contributed by atoms with Gasteiger partial charge in [-0.25, -0.2) is 0 Å². The number of hydrogen-bond acceptors (Lipinski definition) is 1. The predicted octanol–water partition coefficient (Wildman–Crippen LogP) is 15.0. The number of para-hydroxylation sites is 1. The van der Waals surface area contributed by atoms with Crippen LogP contribution in [0.2, 0.25) is 0 Å². The van der Waals surface area contributed by atoms with Crippen LogP contribution in [0.5, 0.6) is 0 Å². The summed E-state index contributed by atoms with van der Waals surface area (Å²) in [4.78, 5) is 2.44. The van der Waals surface area contributed by atoms with Gasteiger partial charge in [0, 0.05) is 33.2 Å². The summed E-state index contributed by atoms with van der Waals surface area (Å²) >= 11 is 0. The molecule has 0 N–H and O–H groups in total. The van der Waals surface area contributed by atoms with Gasteiger partial charge in [0.05, 0.1) is 16.7 Å². The molecular formula is C54H36N2. The molecule has 1 aromatic heterocycles. The molecule has 2 nitrogen and oxygen atoms in total. The first kappa shape index (κ1) is 32.0. The molecule has 0 amide bonds. The van der Waals surface area contributed by atoms with E-state index < -0.39 is 0 Å². The summed E-state index contributed by atoms with van der Waals surface area (Å²) < 4.78 is 2.42. The highest BCUT2D eigenvalue weighted by atomic mass is 15.1. The molecule has 11 aromatic rings. The summed E-state index contributed by atoms with van der Waals surface area (Å²) in [5.74, 6) is 0. The minimum Gasteiger partial charge on any atom is -0.310 e. The number of anilines is 3. The van der Waals surface area contributed by atoms with E-state index in [4.69, 9.17) is 0 Å². The number of rotatable bonds is 6. The molecule has 0 fully saturated rings. The second-order valence-corrected chi connectivity index (χ2v) is 14.5. The second-order valence-electron chi connectivity index (χ2n) is 14.5. The van der Waals surface area contributed by atoms with Crippen molar-refractivity contribution >= 4 is 71.2 Å². The van der Waals surface area contributed by atoms with Crippen LogP contribution in [0.1, 0.15) is 0 Å². The van der Waals surface area contributed by atoms with E-state index in [0.29, 0.717) is 0 Å². The van der Waals surface area contributed by atoms with Gasteiger partial charge in [-0.3, -0.25) is 0 Å². The molecule has 10 aromatic carbocycles. The van der Waals surface area contributed by atoms with Crippen molar-refractivity contribution in [3.05, 3.63) is 218 Å². The summed E-state index contributed by atoms with van der Waals surface area (Å²) in [6.07, 6.45) is 0. The van der Waals surface area contributed by atoms with E-state index in [9.17, 15) is 0 Å². The first-order valence-electron chi connectivity index (χ1n) is 19.3. The Morgan fingerprint density at radius 2 is 0.929 bits per heavy atom. The Bertz CT molecular complexity index is 3230. The van der Waals surface area contributed by atoms with Crippen LogP contribution >= 0.6 is 0 Å². The smallest absolute Gasteiger partial charge is 0.0547 e. The van der Waals surface area contributed by atoms with Crippen molar-refractivity contribution in [1.82, 2.24) is 4.57 Å². The van der Waals surface area contributed by atoms with Crippen molar-refractivity contribution in [2.75, 3.05) is 4.90 Å². The van der Waals surface area contributed by atoms with Gasteiger partial charge in [0.1, 0.15) is 0 Å². The predicted molar refractivity (Wildman–Crippen MR) is 239 cm³/mol. The van der Waals surface area contributed by atoms with Crippen molar-refractivity contribution in [3.8, 4) is 27.9 Å². The molecule has 0 spiro atoms. The maximum absolute atomic E-state index is 2.44. The van der Waals surface area contributed by atoms with Crippen LogP contribution in [0, 0.1) is 0 Å². The van der Waals surface area contributed by atoms with E-state index in [-0.39, 0.29) is 0 Å². The number of benzene rings is 10. The van der Waals surface area contributed by atoms with Gasteiger partial charge in [-0.15, -0.1) is 0 Å². The molecule has 56 heavy (non-hydrogen) atoms. The third kappa shape index (κ3) is 5.19. The summed E-state index contributed by atoms with van der Waals surface area (Å²) in [7, 11) is 0. The van der Waals surface area contributed by atoms with E-state index in [1.54, 1.807) is 0 Å². The Morgan fingerprint density at radius 1 is 0.321 bits per heavy atom. The average molecular weight is 713 g/mol. The van der Waals surface area contributed by atoms with Crippen molar-refractivity contribution in [1.29, 1.82) is 0 Å². The Kier molecular flexibility index (Phi) is 7.53. The molecule has 0 bridgehead atoms. The Hall–Kier alpha value is -7.42. The van der Waals surface area contributed by atoms with Gasteiger partial charge in [-0.2, -0.15) is 0 Å². The third-order valence-corrected chi connectivity index (χ3v) is 11.3. The number of aromatic nitrogens is 1. The molecule has 0 saturated heterocycles. The van der Waals surface area contributed by atoms with Crippen LogP contribution in [0.3, 0.4) is 0 Å². The van der Waals surface area contributed by atoms with E-state index in [1.807, 2.05) is 0 Å². The van der Waals surface area contributed by atoms with Crippen molar-refractivity contribution < 1.29 is 0 Å². The maximum Gasteiger partial charge on any atom is 0.0547 e. The fourth-order valence-electron chi connectivity index (χ4n) is 8.82. The van der Waals surface area contributed by atoms with Crippen LogP contribution in [0.25, 0.3) is 82.1 Å². The lowest BCUT2D eigenvalue weighted by atomic mass is 9.96. The standard InChI is InChI=1S/C54H36N2/c1-3-15-37(16-4-1)38-29-32-43(33-30-38)55(52-36-41-18-8-9-23-45(41)48-25-11-12-26-49(48)52)44-22-13-19-40(35-44)47-27-14-28-50-54(47)53-46-24-10-7-17-39(46)31-34-51(53)56(50)42-20-5-2-6-21-42/h1-36H. The zero-order valence-electron chi connectivity index (χ0n) is 30.7. The van der Waals surface area contributed by atoms with E-state index in [0.717, 1.165) is 22.7 Å². The van der Waals surface area contributed by atoms with Gasteiger partial charge >= 0.3 is 0 Å². The molecule has 0 saturated carbocycles. The third-order valence-electron chi connectivity index (χ3n) is 11.3. The average Bonchev–Trinajstić information content (AvgIpc) is 3.63.